The molecule has 0 aliphatic rings. The third-order valence-electron chi connectivity index (χ3n) is 3.25. The maximum Gasteiger partial charge on any atom is 0.405 e. The van der Waals surface area contributed by atoms with E-state index in [9.17, 15) is 18.0 Å². The predicted octanol–water partition coefficient (Wildman–Crippen LogP) is 3.05. The topological polar surface area (TPSA) is 72.7 Å². The molecule has 0 amide bonds. The van der Waals surface area contributed by atoms with Crippen LogP contribution in [0.1, 0.15) is 5.82 Å². The fourth-order valence-electron chi connectivity index (χ4n) is 2.03. The van der Waals surface area contributed by atoms with Crippen LogP contribution in [-0.4, -0.2) is 32.5 Å². The van der Waals surface area contributed by atoms with Gasteiger partial charge in [-0.3, -0.25) is 9.36 Å². The smallest absolute Gasteiger partial charge is 0.351 e. The number of nitrogens with one attached hydrogen (secondary N) is 1. The van der Waals surface area contributed by atoms with Crippen LogP contribution in [0.4, 0.5) is 18.3 Å². The fourth-order valence-corrected chi connectivity index (χ4v) is 3.77. The summed E-state index contributed by atoms with van der Waals surface area (Å²) in [7, 11) is 1.63. The maximum absolute atomic E-state index is 12.3. The molecule has 0 radical (unpaired) electrons. The number of hydrogen-bond acceptors (Lipinski definition) is 7. The summed E-state index contributed by atoms with van der Waals surface area (Å²) < 4.78 is 38.5. The highest BCUT2D eigenvalue weighted by Crippen LogP contribution is 2.28. The second kappa shape index (κ2) is 7.00. The van der Waals surface area contributed by atoms with E-state index in [1.165, 1.54) is 16.3 Å². The summed E-state index contributed by atoms with van der Waals surface area (Å²) in [6.07, 6.45) is -4.31. The van der Waals surface area contributed by atoms with Gasteiger partial charge < -0.3 is 5.32 Å². The Morgan fingerprint density at radius 1 is 1.28 bits per heavy atom. The standard InChI is InChI=1S/C14H12F3N5OS2/c1-22-10(19-9-5-3-2-4-8(9)11(22)23)6-24-13-21-20-12(25-13)18-7-14(15,16)17/h2-5H,6-7H2,1H3,(H,18,20). The van der Waals surface area contributed by atoms with Crippen LogP contribution in [0.3, 0.4) is 0 Å². The molecule has 1 N–H and O–H groups in total. The molecule has 6 nitrogen and oxygen atoms in total. The highest BCUT2D eigenvalue weighted by Gasteiger charge is 2.27. The van der Waals surface area contributed by atoms with Gasteiger partial charge in [0, 0.05) is 7.05 Å². The Bertz CT molecular complexity index is 954. The average Bonchev–Trinajstić information content (AvgIpc) is 3.02. The van der Waals surface area contributed by atoms with Crippen molar-refractivity contribution >= 4 is 39.1 Å². The van der Waals surface area contributed by atoms with E-state index < -0.39 is 12.7 Å². The van der Waals surface area contributed by atoms with Crippen LogP contribution in [-0.2, 0) is 12.8 Å². The molecule has 0 saturated heterocycles. The van der Waals surface area contributed by atoms with Crippen LogP contribution in [0.25, 0.3) is 10.9 Å². The van der Waals surface area contributed by atoms with Crippen LogP contribution in [0.15, 0.2) is 33.4 Å². The predicted molar refractivity (Wildman–Crippen MR) is 91.0 cm³/mol. The zero-order valence-electron chi connectivity index (χ0n) is 12.9. The fraction of sp³-hybridized carbons (Fsp3) is 0.286. The van der Waals surface area contributed by atoms with Crippen molar-refractivity contribution in [1.29, 1.82) is 0 Å². The van der Waals surface area contributed by atoms with E-state index in [-0.39, 0.29) is 10.7 Å². The van der Waals surface area contributed by atoms with Crippen molar-refractivity contribution in [3.05, 3.63) is 40.4 Å². The van der Waals surface area contributed by atoms with Gasteiger partial charge in [0.2, 0.25) is 5.13 Å². The van der Waals surface area contributed by atoms with Crippen molar-refractivity contribution in [2.24, 2.45) is 7.05 Å². The first-order chi connectivity index (χ1) is 11.8. The van der Waals surface area contributed by atoms with Crippen LogP contribution >= 0.6 is 23.1 Å². The lowest BCUT2D eigenvalue weighted by molar-refractivity contribution is -0.115. The van der Waals surface area contributed by atoms with E-state index in [0.717, 1.165) is 11.3 Å². The van der Waals surface area contributed by atoms with Crippen molar-refractivity contribution < 1.29 is 13.2 Å². The molecule has 0 spiro atoms. The summed E-state index contributed by atoms with van der Waals surface area (Å²) in [4.78, 5) is 16.8. The minimum Gasteiger partial charge on any atom is -0.351 e. The molecule has 3 rings (SSSR count). The number of para-hydroxylation sites is 1. The Labute approximate surface area is 148 Å². The largest absolute Gasteiger partial charge is 0.405 e. The average molecular weight is 387 g/mol. The summed E-state index contributed by atoms with van der Waals surface area (Å²) in [5.74, 6) is 0.901. The quantitative estimate of drug-likeness (QED) is 0.679. The van der Waals surface area contributed by atoms with Crippen LogP contribution in [0.2, 0.25) is 0 Å². The first-order valence-electron chi connectivity index (χ1n) is 7.05. The van der Waals surface area contributed by atoms with Gasteiger partial charge in [0.25, 0.3) is 5.56 Å². The molecule has 132 valence electrons. The van der Waals surface area contributed by atoms with Gasteiger partial charge in [-0.15, -0.1) is 10.2 Å². The zero-order chi connectivity index (χ0) is 18.0. The number of nitrogens with zero attached hydrogens (tertiary/aromatic N) is 4. The monoisotopic (exact) mass is 387 g/mol. The summed E-state index contributed by atoms with van der Waals surface area (Å²) in [6.45, 7) is -1.16. The van der Waals surface area contributed by atoms with E-state index in [1.807, 2.05) is 0 Å². The van der Waals surface area contributed by atoms with Crippen molar-refractivity contribution in [2.45, 2.75) is 16.3 Å². The first-order valence-corrected chi connectivity index (χ1v) is 8.85. The Hall–Kier alpha value is -2.14. The Morgan fingerprint density at radius 3 is 2.80 bits per heavy atom. The molecule has 0 fully saturated rings. The number of aromatic nitrogens is 4. The normalized spacial score (nSPS) is 11.8. The van der Waals surface area contributed by atoms with Crippen LogP contribution in [0, 0.1) is 0 Å². The van der Waals surface area contributed by atoms with E-state index in [0.29, 0.717) is 26.8 Å². The molecule has 0 unspecified atom stereocenters. The third kappa shape index (κ3) is 4.28. The lowest BCUT2D eigenvalue weighted by atomic mass is 10.2. The molecule has 2 heterocycles. The van der Waals surface area contributed by atoms with Crippen molar-refractivity contribution in [3.8, 4) is 0 Å². The summed E-state index contributed by atoms with van der Waals surface area (Å²) in [6, 6.07) is 7.05. The van der Waals surface area contributed by atoms with Gasteiger partial charge in [0.1, 0.15) is 12.4 Å². The molecule has 0 aliphatic carbocycles. The Kier molecular flexibility index (Phi) is 4.95. The number of anilines is 1. The lowest BCUT2D eigenvalue weighted by Gasteiger charge is -2.07. The number of rotatable bonds is 5. The van der Waals surface area contributed by atoms with Gasteiger partial charge in [-0.1, -0.05) is 35.2 Å². The lowest BCUT2D eigenvalue weighted by Crippen LogP contribution is -2.21. The number of alkyl halides is 3. The van der Waals surface area contributed by atoms with Gasteiger partial charge in [0.05, 0.1) is 16.7 Å². The van der Waals surface area contributed by atoms with Gasteiger partial charge in [-0.05, 0) is 12.1 Å². The first kappa shape index (κ1) is 17.7. The summed E-state index contributed by atoms with van der Waals surface area (Å²) >= 11 is 2.28. The van der Waals surface area contributed by atoms with Gasteiger partial charge >= 0.3 is 6.18 Å². The van der Waals surface area contributed by atoms with E-state index >= 15 is 0 Å². The van der Waals surface area contributed by atoms with Crippen molar-refractivity contribution in [1.82, 2.24) is 19.7 Å². The molecule has 11 heteroatoms. The van der Waals surface area contributed by atoms with Gasteiger partial charge in [-0.2, -0.15) is 13.2 Å². The second-order valence-electron chi connectivity index (χ2n) is 5.04. The Morgan fingerprint density at radius 2 is 2.04 bits per heavy atom. The van der Waals surface area contributed by atoms with Gasteiger partial charge in [0.15, 0.2) is 4.34 Å². The van der Waals surface area contributed by atoms with Gasteiger partial charge in [-0.25, -0.2) is 4.98 Å². The van der Waals surface area contributed by atoms with Crippen LogP contribution < -0.4 is 10.9 Å². The number of fused-ring (bicyclic) bond motifs is 1. The number of halogens is 3. The maximum atomic E-state index is 12.3. The molecule has 25 heavy (non-hydrogen) atoms. The number of thioether (sulfide) groups is 1. The van der Waals surface area contributed by atoms with Crippen molar-refractivity contribution in [2.75, 3.05) is 11.9 Å². The molecular formula is C14H12F3N5OS2. The number of hydrogen-bond donors (Lipinski definition) is 1. The van der Waals surface area contributed by atoms with E-state index in [2.05, 4.69) is 20.5 Å². The molecule has 3 aromatic rings. The summed E-state index contributed by atoms with van der Waals surface area (Å²) in [5.41, 5.74) is 0.456. The Balaban J connectivity index is 1.72. The minimum atomic E-state index is -4.31. The highest BCUT2D eigenvalue weighted by molar-refractivity contribution is 8.00. The molecule has 2 aromatic heterocycles. The van der Waals surface area contributed by atoms with Crippen LogP contribution in [0.5, 0.6) is 0 Å². The molecular weight excluding hydrogens is 375 g/mol. The third-order valence-corrected chi connectivity index (χ3v) is 5.26. The SMILES string of the molecule is Cn1c(CSc2nnc(NCC(F)(F)F)s2)nc2ccccc2c1=O. The number of benzene rings is 1. The minimum absolute atomic E-state index is 0.0974. The van der Waals surface area contributed by atoms with Crippen molar-refractivity contribution in [3.63, 3.8) is 0 Å². The second-order valence-corrected chi connectivity index (χ2v) is 7.24. The summed E-state index contributed by atoms with van der Waals surface area (Å²) in [5, 5.41) is 10.3. The molecule has 1 aromatic carbocycles. The molecule has 0 bridgehead atoms. The molecule has 0 aliphatic heterocycles. The van der Waals surface area contributed by atoms with E-state index in [1.54, 1.807) is 31.3 Å². The molecule has 0 atom stereocenters. The zero-order valence-corrected chi connectivity index (χ0v) is 14.5. The highest BCUT2D eigenvalue weighted by atomic mass is 32.2. The van der Waals surface area contributed by atoms with E-state index in [4.69, 9.17) is 0 Å². The molecule has 0 saturated carbocycles.